The number of carbonyl (C=O) groups excluding carboxylic acids is 2. The highest BCUT2D eigenvalue weighted by Crippen LogP contribution is 2.45. The van der Waals surface area contributed by atoms with Crippen molar-refractivity contribution < 1.29 is 46.9 Å². The average Bonchev–Trinajstić information content (AvgIpc) is 3.60. The predicted octanol–water partition coefficient (Wildman–Crippen LogP) is 2.94. The summed E-state index contributed by atoms with van der Waals surface area (Å²) in [6.07, 6.45) is -3.51. The van der Waals surface area contributed by atoms with Crippen LogP contribution in [-0.4, -0.2) is 104 Å². The number of esters is 1. The molecule has 1 spiro atoms. The van der Waals surface area contributed by atoms with Crippen LogP contribution in [0.4, 0.5) is 13.2 Å². The van der Waals surface area contributed by atoms with E-state index in [2.05, 4.69) is 21.3 Å². The lowest BCUT2D eigenvalue weighted by atomic mass is 9.83. The number of aromatic amines is 1. The van der Waals surface area contributed by atoms with Gasteiger partial charge in [0, 0.05) is 42.8 Å². The van der Waals surface area contributed by atoms with Crippen LogP contribution < -0.4 is 14.8 Å². The highest BCUT2D eigenvalue weighted by Gasteiger charge is 2.50. The molecule has 44 heavy (non-hydrogen) atoms. The van der Waals surface area contributed by atoms with Crippen molar-refractivity contribution in [3.8, 4) is 11.5 Å². The van der Waals surface area contributed by atoms with Gasteiger partial charge in [-0.05, 0) is 48.7 Å². The van der Waals surface area contributed by atoms with Crippen molar-refractivity contribution in [2.75, 3.05) is 60.1 Å². The number of aromatic nitrogens is 1. The number of benzene rings is 2. The van der Waals surface area contributed by atoms with Crippen LogP contribution in [0.2, 0.25) is 0 Å². The molecule has 238 valence electrons. The summed E-state index contributed by atoms with van der Waals surface area (Å²) in [6.45, 7) is 3.61. The second kappa shape index (κ2) is 14.0. The number of nitrogens with zero attached hydrogens (tertiary/aromatic N) is 2. The smallest absolute Gasteiger partial charge is 0.490 e. The number of hydrogen-bond donors (Lipinski definition) is 3. The molecular weight excluding hydrogens is 585 g/mol. The van der Waals surface area contributed by atoms with E-state index in [1.54, 1.807) is 7.11 Å². The van der Waals surface area contributed by atoms with E-state index in [4.69, 9.17) is 24.1 Å². The van der Waals surface area contributed by atoms with Gasteiger partial charge in [-0.2, -0.15) is 13.2 Å². The maximum absolute atomic E-state index is 13.5. The molecule has 0 saturated carbocycles. The van der Waals surface area contributed by atoms with E-state index >= 15 is 0 Å². The molecule has 1 atom stereocenters. The van der Waals surface area contributed by atoms with Crippen molar-refractivity contribution in [2.24, 2.45) is 0 Å². The van der Waals surface area contributed by atoms with Crippen LogP contribution in [0.25, 0.3) is 10.9 Å². The summed E-state index contributed by atoms with van der Waals surface area (Å²) in [4.78, 5) is 42.0. The molecule has 2 aliphatic rings. The fraction of sp³-hybridized carbons (Fsp3) is 0.433. The van der Waals surface area contributed by atoms with Gasteiger partial charge in [0.1, 0.15) is 18.1 Å². The Labute approximate surface area is 251 Å². The Morgan fingerprint density at radius 1 is 1.05 bits per heavy atom. The SMILES string of the molecule is COC(=O)CNCC(=O)N1CCc2c([nH]c3ccc(OC)cc23)C12CCN(CCOc1ccccc1)C2.O=C(O)C(F)(F)F. The number of carbonyl (C=O) groups is 3. The van der Waals surface area contributed by atoms with Crippen molar-refractivity contribution >= 4 is 28.7 Å². The molecule has 1 unspecified atom stereocenters. The predicted molar refractivity (Wildman–Crippen MR) is 154 cm³/mol. The molecule has 1 fully saturated rings. The summed E-state index contributed by atoms with van der Waals surface area (Å²) in [5.41, 5.74) is 2.93. The number of amides is 1. The van der Waals surface area contributed by atoms with E-state index < -0.39 is 23.7 Å². The molecule has 0 aliphatic carbocycles. The first-order valence-electron chi connectivity index (χ1n) is 14.0. The number of alkyl halides is 3. The van der Waals surface area contributed by atoms with Crippen molar-refractivity contribution in [3.05, 3.63) is 59.8 Å². The number of aliphatic carboxylic acids is 1. The number of carboxylic acids is 1. The van der Waals surface area contributed by atoms with Crippen molar-refractivity contribution in [1.82, 2.24) is 20.1 Å². The molecule has 3 aromatic rings. The summed E-state index contributed by atoms with van der Waals surface area (Å²) in [7, 11) is 3.02. The van der Waals surface area contributed by atoms with Crippen molar-refractivity contribution in [1.29, 1.82) is 0 Å². The third kappa shape index (κ3) is 7.42. The lowest BCUT2D eigenvalue weighted by Crippen LogP contribution is -2.57. The van der Waals surface area contributed by atoms with Crippen LogP contribution in [0.3, 0.4) is 0 Å². The largest absolute Gasteiger partial charge is 0.497 e. The summed E-state index contributed by atoms with van der Waals surface area (Å²) < 4.78 is 47.9. The first kappa shape index (κ1) is 32.6. The fourth-order valence-corrected chi connectivity index (χ4v) is 5.68. The quantitative estimate of drug-likeness (QED) is 0.309. The van der Waals surface area contributed by atoms with E-state index in [1.807, 2.05) is 47.4 Å². The minimum absolute atomic E-state index is 0.00343. The third-order valence-corrected chi connectivity index (χ3v) is 7.74. The summed E-state index contributed by atoms with van der Waals surface area (Å²) in [6, 6.07) is 15.9. The maximum Gasteiger partial charge on any atom is 0.490 e. The zero-order valence-electron chi connectivity index (χ0n) is 24.4. The number of ether oxygens (including phenoxy) is 3. The van der Waals surface area contributed by atoms with Crippen molar-refractivity contribution in [2.45, 2.75) is 24.6 Å². The summed E-state index contributed by atoms with van der Waals surface area (Å²) in [5, 5.41) is 11.2. The monoisotopic (exact) mass is 620 g/mol. The van der Waals surface area contributed by atoms with Gasteiger partial charge in [-0.25, -0.2) is 4.79 Å². The molecule has 11 nitrogen and oxygen atoms in total. The third-order valence-electron chi connectivity index (χ3n) is 7.74. The lowest BCUT2D eigenvalue weighted by Gasteiger charge is -2.45. The number of fused-ring (bicyclic) bond motifs is 4. The van der Waals surface area contributed by atoms with Gasteiger partial charge in [0.25, 0.3) is 0 Å². The number of para-hydroxylation sites is 1. The molecular formula is C30H35F3N4O7. The van der Waals surface area contributed by atoms with Gasteiger partial charge in [0.2, 0.25) is 5.91 Å². The van der Waals surface area contributed by atoms with Crippen LogP contribution in [0.15, 0.2) is 48.5 Å². The summed E-state index contributed by atoms with van der Waals surface area (Å²) in [5.74, 6) is -1.49. The Kier molecular flexibility index (Phi) is 10.4. The number of methoxy groups -OCH3 is 2. The standard InChI is InChI=1S/C28H34N4O5.C2HF3O2/c1-35-21-8-9-24-23(16-21)22-10-12-32(25(33)17-29-18-26(34)36-2)28(27(22)30-24)11-13-31(19-28)14-15-37-20-6-4-3-5-7-20;3-2(4,5)1(6)7/h3-9,16,29-30H,10-15,17-19H2,1-2H3;(H,6,7). The Morgan fingerprint density at radius 2 is 1.77 bits per heavy atom. The van der Waals surface area contributed by atoms with Gasteiger partial charge in [-0.1, -0.05) is 18.2 Å². The molecule has 2 aromatic carbocycles. The molecule has 2 aliphatic heterocycles. The molecule has 5 rings (SSSR count). The number of rotatable bonds is 9. The van der Waals surface area contributed by atoms with E-state index in [1.165, 1.54) is 12.7 Å². The molecule has 0 radical (unpaired) electrons. The zero-order chi connectivity index (χ0) is 31.9. The second-order valence-corrected chi connectivity index (χ2v) is 10.4. The molecule has 1 saturated heterocycles. The van der Waals surface area contributed by atoms with E-state index in [-0.39, 0.29) is 19.0 Å². The Hall–Kier alpha value is -4.30. The summed E-state index contributed by atoms with van der Waals surface area (Å²) >= 11 is 0. The molecule has 3 N–H and O–H groups in total. The zero-order valence-corrected chi connectivity index (χ0v) is 24.4. The highest BCUT2D eigenvalue weighted by atomic mass is 19.4. The van der Waals surface area contributed by atoms with E-state index in [9.17, 15) is 22.8 Å². The second-order valence-electron chi connectivity index (χ2n) is 10.4. The van der Waals surface area contributed by atoms with Gasteiger partial charge < -0.3 is 29.2 Å². The maximum atomic E-state index is 13.5. The van der Waals surface area contributed by atoms with E-state index in [0.29, 0.717) is 19.7 Å². The van der Waals surface area contributed by atoms with Crippen LogP contribution in [0, 0.1) is 0 Å². The van der Waals surface area contributed by atoms with Gasteiger partial charge in [-0.15, -0.1) is 0 Å². The minimum atomic E-state index is -5.08. The normalized spacial score (nSPS) is 18.0. The number of nitrogens with one attached hydrogen (secondary N) is 2. The average molecular weight is 621 g/mol. The van der Waals surface area contributed by atoms with Crippen LogP contribution in [0.5, 0.6) is 11.5 Å². The number of halogens is 3. The van der Waals surface area contributed by atoms with E-state index in [0.717, 1.165) is 54.0 Å². The number of hydrogen-bond acceptors (Lipinski definition) is 8. The van der Waals surface area contributed by atoms with Gasteiger partial charge in [0.15, 0.2) is 0 Å². The van der Waals surface area contributed by atoms with Gasteiger partial charge in [0.05, 0.1) is 32.8 Å². The fourth-order valence-electron chi connectivity index (χ4n) is 5.68. The lowest BCUT2D eigenvalue weighted by molar-refractivity contribution is -0.192. The number of carboxylic acid groups (broad SMARTS) is 1. The Balaban J connectivity index is 0.000000566. The van der Waals surface area contributed by atoms with Crippen LogP contribution >= 0.6 is 0 Å². The Bertz CT molecular complexity index is 1460. The Morgan fingerprint density at radius 3 is 2.43 bits per heavy atom. The minimum Gasteiger partial charge on any atom is -0.497 e. The first-order chi connectivity index (χ1) is 21.0. The number of likely N-dealkylation sites (tertiary alicyclic amines) is 1. The highest BCUT2D eigenvalue weighted by molar-refractivity contribution is 5.88. The van der Waals surface area contributed by atoms with Gasteiger partial charge in [-0.3, -0.25) is 19.8 Å². The molecule has 14 heteroatoms. The van der Waals surface area contributed by atoms with Crippen LogP contribution in [-0.2, 0) is 31.1 Å². The molecule has 3 heterocycles. The molecule has 1 amide bonds. The number of H-pyrrole nitrogens is 1. The van der Waals surface area contributed by atoms with Crippen LogP contribution in [0.1, 0.15) is 17.7 Å². The topological polar surface area (TPSA) is 133 Å². The first-order valence-corrected chi connectivity index (χ1v) is 14.0. The molecule has 1 aromatic heterocycles. The van der Waals surface area contributed by atoms with Gasteiger partial charge >= 0.3 is 18.1 Å². The molecule has 0 bridgehead atoms. The van der Waals surface area contributed by atoms with Crippen molar-refractivity contribution in [3.63, 3.8) is 0 Å².